The van der Waals surface area contributed by atoms with Crippen molar-refractivity contribution in [3.63, 3.8) is 0 Å². The van der Waals surface area contributed by atoms with E-state index >= 15 is 0 Å². The number of ether oxygens (including phenoxy) is 2. The topological polar surface area (TPSA) is 47.6 Å². The fourth-order valence-electron chi connectivity index (χ4n) is 2.90. The van der Waals surface area contributed by atoms with Gasteiger partial charge in [-0.15, -0.1) is 0 Å². The minimum absolute atomic E-state index is 0.0320. The molecule has 2 heterocycles. The van der Waals surface area contributed by atoms with Gasteiger partial charge in [-0.2, -0.15) is 0 Å². The van der Waals surface area contributed by atoms with Crippen molar-refractivity contribution in [1.82, 2.24) is 0 Å². The fraction of sp³-hybridized carbons (Fsp3) is 0.533. The van der Waals surface area contributed by atoms with Crippen LogP contribution in [0, 0.1) is 5.92 Å². The van der Waals surface area contributed by atoms with Gasteiger partial charge < -0.3 is 14.8 Å². The molecular formula is C15H19NO3. The zero-order chi connectivity index (χ0) is 13.1. The maximum absolute atomic E-state index is 11.9. The first-order valence-corrected chi connectivity index (χ1v) is 6.94. The summed E-state index contributed by atoms with van der Waals surface area (Å²) in [6, 6.07) is 9.90. The maximum Gasteiger partial charge on any atom is 0.311 e. The Hall–Kier alpha value is -1.55. The summed E-state index contributed by atoms with van der Waals surface area (Å²) in [5.41, 5.74) is 1.04. The number of fused-ring (bicyclic) bond motifs is 2. The Labute approximate surface area is 113 Å². The number of hydrogen-bond acceptors (Lipinski definition) is 4. The van der Waals surface area contributed by atoms with E-state index in [4.69, 9.17) is 9.47 Å². The molecule has 0 amide bonds. The van der Waals surface area contributed by atoms with E-state index in [-0.39, 0.29) is 18.0 Å². The highest BCUT2D eigenvalue weighted by atomic mass is 16.5. The van der Waals surface area contributed by atoms with Gasteiger partial charge in [-0.05, 0) is 31.4 Å². The Morgan fingerprint density at radius 3 is 2.84 bits per heavy atom. The Morgan fingerprint density at radius 2 is 2.16 bits per heavy atom. The van der Waals surface area contributed by atoms with Crippen LogP contribution < -0.4 is 5.32 Å². The standard InChI is InChI=1S/C15H19NO3/c17-15(13-10-12-6-7-14(13)19-12)18-9-8-16-11-4-2-1-3-5-11/h1-5,12-14,16H,6-10H2. The molecule has 3 unspecified atom stereocenters. The summed E-state index contributed by atoms with van der Waals surface area (Å²) in [6.07, 6.45) is 3.36. The molecule has 102 valence electrons. The molecule has 2 fully saturated rings. The average Bonchev–Trinajstić information content (AvgIpc) is 3.07. The summed E-state index contributed by atoms with van der Waals surface area (Å²) in [5.74, 6) is -0.127. The maximum atomic E-state index is 11.9. The molecule has 4 heteroatoms. The van der Waals surface area contributed by atoms with E-state index < -0.39 is 0 Å². The zero-order valence-electron chi connectivity index (χ0n) is 10.9. The molecule has 2 saturated heterocycles. The highest BCUT2D eigenvalue weighted by Crippen LogP contribution is 2.39. The minimum atomic E-state index is -0.0953. The number of carbonyl (C=O) groups excluding carboxylic acids is 1. The summed E-state index contributed by atoms with van der Waals surface area (Å²) >= 11 is 0. The van der Waals surface area contributed by atoms with Gasteiger partial charge in [0.05, 0.1) is 18.1 Å². The number of carbonyl (C=O) groups is 1. The van der Waals surface area contributed by atoms with Gasteiger partial charge >= 0.3 is 5.97 Å². The van der Waals surface area contributed by atoms with E-state index in [1.807, 2.05) is 30.3 Å². The van der Waals surface area contributed by atoms with E-state index in [1.54, 1.807) is 0 Å². The molecule has 4 nitrogen and oxygen atoms in total. The molecule has 3 atom stereocenters. The quantitative estimate of drug-likeness (QED) is 0.652. The van der Waals surface area contributed by atoms with Crippen LogP contribution in [0.1, 0.15) is 19.3 Å². The monoisotopic (exact) mass is 261 g/mol. The lowest BCUT2D eigenvalue weighted by Crippen LogP contribution is -2.28. The number of para-hydroxylation sites is 1. The van der Waals surface area contributed by atoms with Crippen LogP contribution in [0.4, 0.5) is 5.69 Å². The average molecular weight is 261 g/mol. The predicted octanol–water partition coefficient (Wildman–Crippen LogP) is 2.21. The lowest BCUT2D eigenvalue weighted by Gasteiger charge is -2.17. The van der Waals surface area contributed by atoms with E-state index in [0.717, 1.165) is 24.9 Å². The lowest BCUT2D eigenvalue weighted by molar-refractivity contribution is -0.149. The van der Waals surface area contributed by atoms with Crippen LogP contribution in [0.25, 0.3) is 0 Å². The molecular weight excluding hydrogens is 242 g/mol. The molecule has 2 aliphatic rings. The normalized spacial score (nSPS) is 28.3. The third-order valence-electron chi connectivity index (χ3n) is 3.86. The van der Waals surface area contributed by atoms with Crippen molar-refractivity contribution >= 4 is 11.7 Å². The number of nitrogens with one attached hydrogen (secondary N) is 1. The second kappa shape index (κ2) is 5.61. The highest BCUT2D eigenvalue weighted by Gasteiger charge is 2.45. The van der Waals surface area contributed by atoms with Gasteiger partial charge in [0.2, 0.25) is 0 Å². The first-order valence-electron chi connectivity index (χ1n) is 6.94. The van der Waals surface area contributed by atoms with Gasteiger partial charge in [-0.1, -0.05) is 18.2 Å². The van der Waals surface area contributed by atoms with E-state index in [1.165, 1.54) is 0 Å². The molecule has 0 radical (unpaired) electrons. The van der Waals surface area contributed by atoms with Crippen molar-refractivity contribution in [3.8, 4) is 0 Å². The van der Waals surface area contributed by atoms with Gasteiger partial charge in [0.25, 0.3) is 0 Å². The van der Waals surface area contributed by atoms with Crippen molar-refractivity contribution in [2.75, 3.05) is 18.5 Å². The van der Waals surface area contributed by atoms with Crippen molar-refractivity contribution in [2.45, 2.75) is 31.5 Å². The summed E-state index contributed by atoms with van der Waals surface area (Å²) in [7, 11) is 0. The molecule has 1 aromatic rings. The molecule has 0 saturated carbocycles. The molecule has 3 rings (SSSR count). The van der Waals surface area contributed by atoms with Gasteiger partial charge in [0.15, 0.2) is 0 Å². The molecule has 0 aromatic heterocycles. The molecule has 2 bridgehead atoms. The number of rotatable bonds is 5. The van der Waals surface area contributed by atoms with Crippen LogP contribution in [0.5, 0.6) is 0 Å². The summed E-state index contributed by atoms with van der Waals surface area (Å²) < 4.78 is 11.0. The Balaban J connectivity index is 1.37. The number of benzene rings is 1. The minimum Gasteiger partial charge on any atom is -0.464 e. The molecule has 2 aliphatic heterocycles. The summed E-state index contributed by atoms with van der Waals surface area (Å²) in [5, 5.41) is 3.22. The molecule has 0 aliphatic carbocycles. The second-order valence-corrected chi connectivity index (χ2v) is 5.18. The van der Waals surface area contributed by atoms with Gasteiger partial charge in [0, 0.05) is 12.2 Å². The summed E-state index contributed by atoms with van der Waals surface area (Å²) in [6.45, 7) is 1.04. The van der Waals surface area contributed by atoms with Gasteiger partial charge in [-0.25, -0.2) is 0 Å². The highest BCUT2D eigenvalue weighted by molar-refractivity contribution is 5.73. The van der Waals surface area contributed by atoms with Crippen molar-refractivity contribution < 1.29 is 14.3 Å². The SMILES string of the molecule is O=C(OCCNc1ccccc1)C1CC2CCC1O2. The predicted molar refractivity (Wildman–Crippen MR) is 71.9 cm³/mol. The largest absolute Gasteiger partial charge is 0.464 e. The van der Waals surface area contributed by atoms with Gasteiger partial charge in [-0.3, -0.25) is 4.79 Å². The Morgan fingerprint density at radius 1 is 1.32 bits per heavy atom. The number of anilines is 1. The fourth-order valence-corrected chi connectivity index (χ4v) is 2.90. The van der Waals surface area contributed by atoms with Crippen LogP contribution in [0.3, 0.4) is 0 Å². The van der Waals surface area contributed by atoms with E-state index in [9.17, 15) is 4.79 Å². The van der Waals surface area contributed by atoms with E-state index in [2.05, 4.69) is 5.32 Å². The first kappa shape index (κ1) is 12.5. The molecule has 19 heavy (non-hydrogen) atoms. The number of esters is 1. The third-order valence-corrected chi connectivity index (χ3v) is 3.86. The second-order valence-electron chi connectivity index (χ2n) is 5.18. The lowest BCUT2D eigenvalue weighted by atomic mass is 9.89. The zero-order valence-corrected chi connectivity index (χ0v) is 10.9. The molecule has 1 N–H and O–H groups in total. The Kier molecular flexibility index (Phi) is 3.69. The van der Waals surface area contributed by atoms with E-state index in [0.29, 0.717) is 19.3 Å². The smallest absolute Gasteiger partial charge is 0.311 e. The van der Waals surface area contributed by atoms with Crippen LogP contribution in [0.15, 0.2) is 30.3 Å². The van der Waals surface area contributed by atoms with Crippen molar-refractivity contribution in [3.05, 3.63) is 30.3 Å². The van der Waals surface area contributed by atoms with Crippen LogP contribution in [-0.2, 0) is 14.3 Å². The van der Waals surface area contributed by atoms with Crippen molar-refractivity contribution in [2.24, 2.45) is 5.92 Å². The van der Waals surface area contributed by atoms with Crippen molar-refractivity contribution in [1.29, 1.82) is 0 Å². The van der Waals surface area contributed by atoms with Crippen LogP contribution in [-0.4, -0.2) is 31.3 Å². The molecule has 1 aromatic carbocycles. The van der Waals surface area contributed by atoms with Crippen LogP contribution in [0.2, 0.25) is 0 Å². The number of hydrogen-bond donors (Lipinski definition) is 1. The van der Waals surface area contributed by atoms with Crippen LogP contribution >= 0.6 is 0 Å². The van der Waals surface area contributed by atoms with Gasteiger partial charge in [0.1, 0.15) is 6.61 Å². The first-order chi connectivity index (χ1) is 9.33. The summed E-state index contributed by atoms with van der Waals surface area (Å²) in [4.78, 5) is 11.9. The Bertz CT molecular complexity index is 434. The molecule has 0 spiro atoms. The third kappa shape index (κ3) is 2.89.